The molecule has 0 saturated heterocycles. The van der Waals surface area contributed by atoms with E-state index in [0.717, 1.165) is 0 Å². The summed E-state index contributed by atoms with van der Waals surface area (Å²) in [7, 11) is -7.85. The van der Waals surface area contributed by atoms with E-state index in [9.17, 15) is 25.8 Å². The molecule has 1 unspecified atom stereocenters. The van der Waals surface area contributed by atoms with Crippen LogP contribution in [0.25, 0.3) is 0 Å². The molecule has 3 rings (SSSR count). The zero-order valence-corrected chi connectivity index (χ0v) is 23.3. The lowest BCUT2D eigenvalue weighted by Crippen LogP contribution is -2.10. The molecular weight excluding hydrogens is 639 g/mol. The number of rotatable bonds is 6. The van der Waals surface area contributed by atoms with Crippen molar-refractivity contribution in [2.45, 2.75) is 39.6 Å². The van der Waals surface area contributed by atoms with Gasteiger partial charge in [0, 0.05) is 4.47 Å². The average molecular weight is 663 g/mol. The number of nitrogen functional groups attached to an aromatic ring is 1. The van der Waals surface area contributed by atoms with E-state index in [1.807, 2.05) is 4.89 Å². The number of nitrogens with zero attached hydrogens (tertiary/aromatic N) is 1. The van der Waals surface area contributed by atoms with E-state index in [-0.39, 0.29) is 27.9 Å². The van der Waals surface area contributed by atoms with Crippen LogP contribution < -0.4 is 5.73 Å². The van der Waals surface area contributed by atoms with Crippen molar-refractivity contribution in [2.24, 2.45) is 9.50 Å². The molecule has 4 N–H and O–H groups in total. The number of nitrogens with two attached hydrogens (primary N) is 1. The van der Waals surface area contributed by atoms with Crippen LogP contribution in [0.4, 0.5) is 13.2 Å². The van der Waals surface area contributed by atoms with E-state index < -0.39 is 26.1 Å². The SMILES string of the molecule is C.CSc1sc(C(=N)N)cc1S(=O)(=NS(=O)(=O)c1ccccc1C)c1cccc(Br)c1.OOC(F)(F)F. The molecule has 2 aromatic carbocycles. The summed E-state index contributed by atoms with van der Waals surface area (Å²) < 4.78 is 77.0. The predicted molar refractivity (Wildman–Crippen MR) is 143 cm³/mol. The van der Waals surface area contributed by atoms with Crippen molar-refractivity contribution in [1.29, 1.82) is 5.41 Å². The molecule has 204 valence electrons. The van der Waals surface area contributed by atoms with Gasteiger partial charge in [-0.05, 0) is 49.1 Å². The summed E-state index contributed by atoms with van der Waals surface area (Å²) in [6.45, 7) is 1.66. The number of thioether (sulfide) groups is 1. The summed E-state index contributed by atoms with van der Waals surface area (Å²) >= 11 is 5.84. The number of halogens is 4. The highest BCUT2D eigenvalue weighted by atomic mass is 79.9. The Morgan fingerprint density at radius 3 is 2.22 bits per heavy atom. The molecule has 0 amide bonds. The second kappa shape index (κ2) is 13.2. The molecule has 0 fully saturated rings. The fourth-order valence-electron chi connectivity index (χ4n) is 2.70. The van der Waals surface area contributed by atoms with Crippen molar-refractivity contribution in [3.05, 3.63) is 69.5 Å². The molecule has 37 heavy (non-hydrogen) atoms. The second-order valence-electron chi connectivity index (χ2n) is 6.72. The maximum atomic E-state index is 14.4. The van der Waals surface area contributed by atoms with Gasteiger partial charge >= 0.3 is 6.36 Å². The smallest absolute Gasteiger partial charge is 0.383 e. The van der Waals surface area contributed by atoms with Gasteiger partial charge in [-0.15, -0.1) is 41.2 Å². The first kappa shape index (κ1) is 33.1. The summed E-state index contributed by atoms with van der Waals surface area (Å²) in [6, 6.07) is 14.5. The van der Waals surface area contributed by atoms with Gasteiger partial charge in [0.1, 0.15) is 15.6 Å². The minimum Gasteiger partial charge on any atom is -0.383 e. The number of nitrogens with one attached hydrogen (secondary N) is 1. The zero-order chi connectivity index (χ0) is 27.3. The Morgan fingerprint density at radius 2 is 1.73 bits per heavy atom. The maximum Gasteiger partial charge on any atom is 0.549 e. The summed E-state index contributed by atoms with van der Waals surface area (Å²) in [5, 5.41) is 14.5. The standard InChI is InChI=1S/C19H18BrN3O3S4.CHF3O2.CH4/c1-12-6-3-4-9-16(12)30(25,26)23-29(24,14-8-5-7-13(20)10-14)17-11-15(18(21)22)28-19(17)27-2;2-1(3,4)6-5;/h3-11H,1-2H3,(H3,21,22);5H;1H4. The first-order chi connectivity index (χ1) is 16.6. The molecule has 0 saturated carbocycles. The average Bonchev–Trinajstić information content (AvgIpc) is 3.24. The molecule has 3 aromatic rings. The van der Waals surface area contributed by atoms with Crippen molar-refractivity contribution >= 4 is 64.6 Å². The fourth-order valence-corrected chi connectivity index (χ4v) is 10.0. The molecule has 8 nitrogen and oxygen atoms in total. The Morgan fingerprint density at radius 1 is 1.14 bits per heavy atom. The van der Waals surface area contributed by atoms with Gasteiger partial charge < -0.3 is 5.73 Å². The molecule has 0 aliphatic heterocycles. The van der Waals surface area contributed by atoms with E-state index in [2.05, 4.69) is 19.7 Å². The molecular formula is C21H23BrF3N3O5S4. The molecule has 0 aliphatic carbocycles. The third kappa shape index (κ3) is 8.53. The van der Waals surface area contributed by atoms with Crippen LogP contribution in [0, 0.1) is 12.3 Å². The largest absolute Gasteiger partial charge is 0.549 e. The highest BCUT2D eigenvalue weighted by Gasteiger charge is 2.29. The van der Waals surface area contributed by atoms with Gasteiger partial charge in [-0.3, -0.25) is 5.41 Å². The Labute approximate surface area is 229 Å². The van der Waals surface area contributed by atoms with E-state index in [0.29, 0.717) is 19.1 Å². The van der Waals surface area contributed by atoms with Gasteiger partial charge in [0.05, 0.1) is 23.8 Å². The van der Waals surface area contributed by atoms with Gasteiger partial charge in [-0.2, -0.15) is 8.42 Å². The molecule has 0 spiro atoms. The van der Waals surface area contributed by atoms with E-state index in [4.69, 9.17) is 16.4 Å². The topological polar surface area (TPSA) is 143 Å². The van der Waals surface area contributed by atoms with Crippen LogP contribution >= 0.6 is 39.0 Å². The predicted octanol–water partition coefficient (Wildman–Crippen LogP) is 6.73. The highest BCUT2D eigenvalue weighted by molar-refractivity contribution is 9.10. The van der Waals surface area contributed by atoms with Crippen LogP contribution in [0.2, 0.25) is 0 Å². The quantitative estimate of drug-likeness (QED) is 0.0873. The number of thiophene rings is 1. The van der Waals surface area contributed by atoms with E-state index >= 15 is 0 Å². The number of sulfonamides is 1. The van der Waals surface area contributed by atoms with Crippen LogP contribution in [-0.4, -0.2) is 36.3 Å². The lowest BCUT2D eigenvalue weighted by Gasteiger charge is -2.12. The Kier molecular flexibility index (Phi) is 11.8. The Balaban J connectivity index is 0.000000876. The summed E-state index contributed by atoms with van der Waals surface area (Å²) in [4.78, 5) is 2.83. The van der Waals surface area contributed by atoms with Gasteiger partial charge in [-0.25, -0.2) is 9.47 Å². The number of alkyl halides is 3. The molecule has 16 heteroatoms. The third-order valence-corrected chi connectivity index (χ3v) is 11.7. The number of benzene rings is 2. The Hall–Kier alpha value is -1.95. The van der Waals surface area contributed by atoms with Crippen LogP contribution in [0.5, 0.6) is 0 Å². The minimum atomic E-state index is -4.90. The lowest BCUT2D eigenvalue weighted by molar-refractivity contribution is -0.464. The van der Waals surface area contributed by atoms with Crippen LogP contribution in [0.15, 0.2) is 81.7 Å². The second-order valence-corrected chi connectivity index (χ2v) is 13.7. The lowest BCUT2D eigenvalue weighted by atomic mass is 10.2. The summed E-state index contributed by atoms with van der Waals surface area (Å²) in [6.07, 6.45) is -3.12. The first-order valence-corrected chi connectivity index (χ1v) is 15.2. The van der Waals surface area contributed by atoms with Crippen molar-refractivity contribution in [3.8, 4) is 0 Å². The number of aryl methyl sites for hydroxylation is 1. The van der Waals surface area contributed by atoms with Crippen molar-refractivity contribution < 1.29 is 35.9 Å². The molecule has 1 atom stereocenters. The highest BCUT2D eigenvalue weighted by Crippen LogP contribution is 2.39. The van der Waals surface area contributed by atoms with E-state index in [1.54, 1.807) is 55.6 Å². The van der Waals surface area contributed by atoms with E-state index in [1.165, 1.54) is 35.2 Å². The van der Waals surface area contributed by atoms with Crippen molar-refractivity contribution in [3.63, 3.8) is 0 Å². The van der Waals surface area contributed by atoms with Crippen molar-refractivity contribution in [1.82, 2.24) is 0 Å². The van der Waals surface area contributed by atoms with Crippen LogP contribution in [-0.2, 0) is 24.6 Å². The third-order valence-electron chi connectivity index (χ3n) is 4.21. The monoisotopic (exact) mass is 661 g/mol. The van der Waals surface area contributed by atoms with Gasteiger partial charge in [0.2, 0.25) is 0 Å². The Bertz CT molecular complexity index is 1480. The summed E-state index contributed by atoms with van der Waals surface area (Å²) in [5.74, 6) is -0.181. The maximum absolute atomic E-state index is 14.4. The molecule has 1 aromatic heterocycles. The molecule has 0 bridgehead atoms. The van der Waals surface area contributed by atoms with Crippen LogP contribution in [0.1, 0.15) is 17.9 Å². The first-order valence-electron chi connectivity index (χ1n) is 9.41. The van der Waals surface area contributed by atoms with Gasteiger partial charge in [-0.1, -0.05) is 51.4 Å². The minimum absolute atomic E-state index is 0. The van der Waals surface area contributed by atoms with Crippen LogP contribution in [0.3, 0.4) is 0 Å². The number of hydrogen-bond donors (Lipinski definition) is 3. The van der Waals surface area contributed by atoms with Gasteiger partial charge in [0.15, 0.2) is 0 Å². The number of amidine groups is 1. The number of hydrogen-bond acceptors (Lipinski definition) is 8. The molecule has 1 heterocycles. The fraction of sp³-hybridized carbons (Fsp3) is 0.190. The molecule has 0 radical (unpaired) electrons. The van der Waals surface area contributed by atoms with Gasteiger partial charge in [0.25, 0.3) is 10.0 Å². The van der Waals surface area contributed by atoms with Crippen molar-refractivity contribution in [2.75, 3.05) is 6.26 Å². The summed E-state index contributed by atoms with van der Waals surface area (Å²) in [5.41, 5.74) is 6.14. The zero-order valence-electron chi connectivity index (χ0n) is 18.4. The molecule has 0 aliphatic rings. The normalized spacial score (nSPS) is 12.9.